The van der Waals surface area contributed by atoms with Crippen LogP contribution in [0.2, 0.25) is 0 Å². The van der Waals surface area contributed by atoms with Crippen LogP contribution in [0.3, 0.4) is 0 Å². The number of halogens is 1. The number of fused-ring (bicyclic) bond motifs is 2. The zero-order valence-electron chi connectivity index (χ0n) is 11.8. The van der Waals surface area contributed by atoms with Gasteiger partial charge in [-0.15, -0.1) is 0 Å². The molecule has 108 valence electrons. The molecule has 0 amide bonds. The number of hydrogen-bond donors (Lipinski definition) is 0. The van der Waals surface area contributed by atoms with Gasteiger partial charge >= 0.3 is 59.1 Å². The van der Waals surface area contributed by atoms with Crippen molar-refractivity contribution < 1.29 is 4.74 Å². The number of hydrogen-bond acceptors (Lipinski definition) is 2. The molecule has 22 heavy (non-hydrogen) atoms. The fourth-order valence-electron chi connectivity index (χ4n) is 2.92. The third-order valence-electron chi connectivity index (χ3n) is 3.91. The SMILES string of the molecule is CCN(CC)C1(Cl)c2ccccc2Oc2ccccc21.[NaH].[NaH]. The first-order chi connectivity index (χ1) is 9.71. The van der Waals surface area contributed by atoms with Crippen LogP contribution in [-0.2, 0) is 5.00 Å². The Kier molecular flexibility index (Phi) is 7.98. The van der Waals surface area contributed by atoms with Crippen molar-refractivity contribution in [3.8, 4) is 11.5 Å². The second-order valence-electron chi connectivity index (χ2n) is 4.89. The Labute approximate surface area is 181 Å². The summed E-state index contributed by atoms with van der Waals surface area (Å²) in [5.41, 5.74) is 2.04. The first-order valence-corrected chi connectivity index (χ1v) is 7.40. The molecule has 1 aliphatic rings. The zero-order chi connectivity index (χ0) is 14.2. The van der Waals surface area contributed by atoms with Crippen LogP contribution in [0.25, 0.3) is 0 Å². The summed E-state index contributed by atoms with van der Waals surface area (Å²) in [6.45, 7) is 6.02. The van der Waals surface area contributed by atoms with Crippen molar-refractivity contribution in [2.75, 3.05) is 13.1 Å². The topological polar surface area (TPSA) is 12.5 Å². The molecule has 0 N–H and O–H groups in total. The van der Waals surface area contributed by atoms with E-state index < -0.39 is 5.00 Å². The minimum atomic E-state index is -0.658. The zero-order valence-corrected chi connectivity index (χ0v) is 12.5. The van der Waals surface area contributed by atoms with Crippen LogP contribution in [-0.4, -0.2) is 77.1 Å². The number of para-hydroxylation sites is 2. The fourth-order valence-corrected chi connectivity index (χ4v) is 3.47. The van der Waals surface area contributed by atoms with Gasteiger partial charge < -0.3 is 4.74 Å². The predicted octanol–water partition coefficient (Wildman–Crippen LogP) is 3.28. The van der Waals surface area contributed by atoms with Gasteiger partial charge in [-0.3, -0.25) is 4.90 Å². The Hall–Kier alpha value is 0.490. The standard InChI is InChI=1S/C17H18ClNO.2Na.2H/c1-3-19(4-2)17(18)13-9-5-7-11-15(13)20-16-12-8-6-10-14(16)17;;;;/h5-12H,3-4H2,1-2H3;;;;. The summed E-state index contributed by atoms with van der Waals surface area (Å²) < 4.78 is 6.00. The van der Waals surface area contributed by atoms with E-state index in [2.05, 4.69) is 30.9 Å². The Bertz CT molecular complexity index is 586. The Morgan fingerprint density at radius 1 is 0.864 bits per heavy atom. The molecule has 2 aromatic carbocycles. The molecule has 2 nitrogen and oxygen atoms in total. The number of ether oxygens (including phenoxy) is 1. The maximum absolute atomic E-state index is 7.15. The van der Waals surface area contributed by atoms with Crippen LogP contribution in [0.1, 0.15) is 25.0 Å². The molecule has 0 atom stereocenters. The number of benzene rings is 2. The van der Waals surface area contributed by atoms with E-state index in [4.69, 9.17) is 16.3 Å². The molecule has 0 bridgehead atoms. The third-order valence-corrected chi connectivity index (χ3v) is 4.55. The maximum atomic E-state index is 7.15. The van der Waals surface area contributed by atoms with E-state index in [-0.39, 0.29) is 59.1 Å². The van der Waals surface area contributed by atoms with E-state index in [0.717, 1.165) is 35.7 Å². The fraction of sp³-hybridized carbons (Fsp3) is 0.294. The minimum absolute atomic E-state index is 0. The summed E-state index contributed by atoms with van der Waals surface area (Å²) in [4.78, 5) is 1.60. The average molecular weight is 336 g/mol. The van der Waals surface area contributed by atoms with Gasteiger partial charge in [-0.25, -0.2) is 0 Å². The van der Waals surface area contributed by atoms with Gasteiger partial charge in [0.15, 0.2) is 5.00 Å². The van der Waals surface area contributed by atoms with Crippen molar-refractivity contribution in [3.05, 3.63) is 59.7 Å². The van der Waals surface area contributed by atoms with Crippen LogP contribution < -0.4 is 4.74 Å². The van der Waals surface area contributed by atoms with Crippen molar-refractivity contribution in [1.29, 1.82) is 0 Å². The van der Waals surface area contributed by atoms with Crippen molar-refractivity contribution in [3.63, 3.8) is 0 Å². The Morgan fingerprint density at radius 3 is 1.68 bits per heavy atom. The van der Waals surface area contributed by atoms with E-state index in [0.29, 0.717) is 0 Å². The second kappa shape index (κ2) is 8.55. The first kappa shape index (κ1) is 20.5. The predicted molar refractivity (Wildman–Crippen MR) is 96.8 cm³/mol. The molecule has 5 heteroatoms. The van der Waals surface area contributed by atoms with Crippen LogP contribution in [0.15, 0.2) is 48.5 Å². The van der Waals surface area contributed by atoms with Gasteiger partial charge in [0.05, 0.1) is 0 Å². The summed E-state index contributed by atoms with van der Waals surface area (Å²) in [5, 5.41) is 0. The van der Waals surface area contributed by atoms with Crippen LogP contribution in [0, 0.1) is 0 Å². The molecule has 1 heterocycles. The first-order valence-electron chi connectivity index (χ1n) is 7.02. The van der Waals surface area contributed by atoms with Crippen LogP contribution in [0.4, 0.5) is 0 Å². The molecule has 0 aliphatic carbocycles. The summed E-state index contributed by atoms with van der Waals surface area (Å²) >= 11 is 7.15. The molecule has 2 aromatic rings. The van der Waals surface area contributed by atoms with Crippen LogP contribution in [0.5, 0.6) is 11.5 Å². The van der Waals surface area contributed by atoms with Gasteiger partial charge in [-0.05, 0) is 25.2 Å². The molecule has 0 aromatic heterocycles. The third kappa shape index (κ3) is 3.31. The van der Waals surface area contributed by atoms with Crippen molar-refractivity contribution in [2.45, 2.75) is 18.8 Å². The van der Waals surface area contributed by atoms with E-state index in [1.807, 2.05) is 36.4 Å². The van der Waals surface area contributed by atoms with Gasteiger partial charge in [-0.2, -0.15) is 0 Å². The molecule has 0 fully saturated rings. The van der Waals surface area contributed by atoms with Crippen molar-refractivity contribution in [2.24, 2.45) is 0 Å². The van der Waals surface area contributed by atoms with E-state index in [9.17, 15) is 0 Å². The number of rotatable bonds is 3. The van der Waals surface area contributed by atoms with E-state index >= 15 is 0 Å². The van der Waals surface area contributed by atoms with Gasteiger partial charge in [0.2, 0.25) is 0 Å². The summed E-state index contributed by atoms with van der Waals surface area (Å²) in [6.07, 6.45) is 0. The Balaban J connectivity index is 0.00000121. The molecule has 0 saturated carbocycles. The molecule has 0 saturated heterocycles. The quantitative estimate of drug-likeness (QED) is 0.485. The van der Waals surface area contributed by atoms with Crippen molar-refractivity contribution in [1.82, 2.24) is 4.90 Å². The molecule has 1 aliphatic heterocycles. The molecule has 0 radical (unpaired) electrons. The number of alkyl halides is 1. The van der Waals surface area contributed by atoms with Crippen LogP contribution >= 0.6 is 11.6 Å². The molecule has 0 unspecified atom stereocenters. The number of nitrogens with zero attached hydrogens (tertiary/aromatic N) is 1. The average Bonchev–Trinajstić information content (AvgIpc) is 2.49. The summed E-state index contributed by atoms with van der Waals surface area (Å²) in [6, 6.07) is 16.0. The molecule has 0 spiro atoms. The van der Waals surface area contributed by atoms with Gasteiger partial charge in [-0.1, -0.05) is 61.8 Å². The van der Waals surface area contributed by atoms with Crippen molar-refractivity contribution >= 4 is 70.7 Å². The summed E-state index contributed by atoms with van der Waals surface area (Å²) in [5.74, 6) is 1.68. The molecular weight excluding hydrogens is 316 g/mol. The van der Waals surface area contributed by atoms with Gasteiger partial charge in [0, 0.05) is 11.1 Å². The monoisotopic (exact) mass is 335 g/mol. The van der Waals surface area contributed by atoms with Gasteiger partial charge in [0.25, 0.3) is 0 Å². The van der Waals surface area contributed by atoms with Gasteiger partial charge in [0.1, 0.15) is 11.5 Å². The molecular formula is C17H20ClNNa2O. The molecule has 3 rings (SSSR count). The second-order valence-corrected chi connectivity index (χ2v) is 5.44. The van der Waals surface area contributed by atoms with E-state index in [1.165, 1.54) is 0 Å². The van der Waals surface area contributed by atoms with E-state index in [1.54, 1.807) is 0 Å². The normalized spacial score (nSPS) is 14.0. The Morgan fingerprint density at radius 2 is 1.27 bits per heavy atom. The summed E-state index contributed by atoms with van der Waals surface area (Å²) in [7, 11) is 0.